The number of benzene rings is 9. The summed E-state index contributed by atoms with van der Waals surface area (Å²) in [6.07, 6.45) is 4.92. The van der Waals surface area contributed by atoms with Gasteiger partial charge in [-0.25, -0.2) is 0 Å². The van der Waals surface area contributed by atoms with Crippen LogP contribution in [0.25, 0.3) is 123 Å². The fourth-order valence-corrected chi connectivity index (χ4v) is 10.1. The third kappa shape index (κ3) is 9.52. The fraction of sp³-hybridized carbons (Fsp3) is 0.0417. The van der Waals surface area contributed by atoms with Crippen molar-refractivity contribution in [2.75, 3.05) is 0 Å². The molecule has 0 aliphatic rings. The maximum absolute atomic E-state index is 9.04. The van der Waals surface area contributed by atoms with Crippen molar-refractivity contribution in [3.63, 3.8) is 0 Å². The Kier molecular flexibility index (Phi) is 10.2. The Labute approximate surface area is 452 Å². The van der Waals surface area contributed by atoms with Crippen LogP contribution in [0.15, 0.2) is 267 Å². The van der Waals surface area contributed by atoms with E-state index in [-0.39, 0.29) is 16.7 Å². The average molecular weight is 969 g/mol. The molecule has 12 rings (SSSR count). The average Bonchev–Trinajstić information content (AvgIpc) is 2.19. The van der Waals surface area contributed by atoms with Gasteiger partial charge >= 0.3 is 0 Å². The Hall–Kier alpha value is -9.57. The monoisotopic (exact) mass is 968 g/mol. The minimum Gasteiger partial charge on any atom is -0.256 e. The van der Waals surface area contributed by atoms with E-state index in [1.54, 1.807) is 36.8 Å². The first-order valence-corrected chi connectivity index (χ1v) is 24.9. The number of aryl methyl sites for hydroxylation is 3. The van der Waals surface area contributed by atoms with Crippen molar-refractivity contribution < 1.29 is 12.3 Å². The molecule has 0 unspecified atom stereocenters. The van der Waals surface area contributed by atoms with E-state index in [4.69, 9.17) is 27.3 Å². The molecule has 3 heteroatoms. The molecule has 0 aliphatic heterocycles. The van der Waals surface area contributed by atoms with Crippen LogP contribution in [0.1, 0.15) is 29.0 Å². The zero-order chi connectivity index (χ0) is 58.2. The zero-order valence-electron chi connectivity index (χ0n) is 49.7. The molecule has 3 heterocycles. The van der Waals surface area contributed by atoms with E-state index in [2.05, 4.69) is 30.3 Å². The second-order valence-corrected chi connectivity index (χ2v) is 18.5. The number of hydrogen-bond donors (Lipinski definition) is 0. The van der Waals surface area contributed by atoms with Crippen molar-refractivity contribution in [2.24, 2.45) is 0 Å². The van der Waals surface area contributed by atoms with Crippen molar-refractivity contribution in [1.29, 1.82) is 0 Å². The van der Waals surface area contributed by atoms with Gasteiger partial charge in [-0.05, 0) is 158 Å². The summed E-state index contributed by atoms with van der Waals surface area (Å²) in [6.45, 7) is -7.61. The standard InChI is InChI=1S/C72H53N3/c1-48-37-70(52-23-9-5-10-24-52)73-45-67(48)64-34-16-13-31-61(64)58-42-59(62-32-14-17-35-65(62)68-46-74-71(38-49(68)2)53-25-11-6-12-26-53)44-60(43-58)63-33-15-18-36-66(63)69-47-75-72(39-50(69)3)57-30-20-29-56(41-57)55-28-19-27-54(40-55)51-21-7-4-8-22-51/h4-47H,1-3H3/i1D3,2D3,3D3. The van der Waals surface area contributed by atoms with Crippen molar-refractivity contribution in [3.05, 3.63) is 284 Å². The molecule has 3 nitrogen and oxygen atoms in total. The minimum absolute atomic E-state index is 0.121. The van der Waals surface area contributed by atoms with Gasteiger partial charge in [-0.15, -0.1) is 0 Å². The zero-order valence-corrected chi connectivity index (χ0v) is 40.7. The normalized spacial score (nSPS) is 13.4. The largest absolute Gasteiger partial charge is 0.256 e. The number of nitrogens with zero attached hydrogens (tertiary/aromatic N) is 3. The summed E-state index contributed by atoms with van der Waals surface area (Å²) in [5, 5.41) is 0. The van der Waals surface area contributed by atoms with E-state index in [1.165, 1.54) is 0 Å². The fourth-order valence-electron chi connectivity index (χ4n) is 10.1. The number of aromatic nitrogens is 3. The van der Waals surface area contributed by atoms with E-state index < -0.39 is 20.6 Å². The Morgan fingerprint density at radius 1 is 0.213 bits per heavy atom. The molecule has 3 aromatic heterocycles. The van der Waals surface area contributed by atoms with Gasteiger partial charge in [0.05, 0.1) is 17.1 Å². The van der Waals surface area contributed by atoms with Crippen LogP contribution >= 0.6 is 0 Å². The lowest BCUT2D eigenvalue weighted by molar-refractivity contribution is 1.28. The highest BCUT2D eigenvalue weighted by atomic mass is 14.7. The first kappa shape index (κ1) is 37.2. The van der Waals surface area contributed by atoms with Gasteiger partial charge in [0.2, 0.25) is 0 Å². The lowest BCUT2D eigenvalue weighted by Gasteiger charge is -2.19. The van der Waals surface area contributed by atoms with Gasteiger partial charge in [0.25, 0.3) is 0 Å². The predicted molar refractivity (Wildman–Crippen MR) is 314 cm³/mol. The Bertz CT molecular complexity index is 4220. The van der Waals surface area contributed by atoms with E-state index in [0.717, 1.165) is 38.9 Å². The van der Waals surface area contributed by atoms with Crippen LogP contribution in [0.2, 0.25) is 0 Å². The predicted octanol–water partition coefficient (Wildman–Crippen LogP) is 19.1. The molecule has 0 bridgehead atoms. The van der Waals surface area contributed by atoms with Crippen LogP contribution in [0, 0.1) is 20.6 Å². The maximum atomic E-state index is 9.04. The van der Waals surface area contributed by atoms with Gasteiger partial charge in [-0.2, -0.15) is 0 Å². The van der Waals surface area contributed by atoms with Gasteiger partial charge in [0.15, 0.2) is 0 Å². The van der Waals surface area contributed by atoms with Crippen LogP contribution in [0.3, 0.4) is 0 Å². The molecule has 0 saturated carbocycles. The van der Waals surface area contributed by atoms with Gasteiger partial charge < -0.3 is 0 Å². The summed E-state index contributed by atoms with van der Waals surface area (Å²) in [5.41, 5.74) is 15.8. The summed E-state index contributed by atoms with van der Waals surface area (Å²) >= 11 is 0. The Morgan fingerprint density at radius 3 is 0.853 bits per heavy atom. The Balaban J connectivity index is 1.04. The van der Waals surface area contributed by atoms with Gasteiger partial charge in [-0.1, -0.05) is 200 Å². The highest BCUT2D eigenvalue weighted by Crippen LogP contribution is 2.44. The summed E-state index contributed by atoms with van der Waals surface area (Å²) in [5.74, 6) is 0. The SMILES string of the molecule is [2H]C([2H])([2H])c1cc(-c2ccccc2)ncc1-c1ccccc1-c1cc(-c2ccccc2-c2cnc(-c3ccccc3)cc2C([2H])([2H])[2H])cc(-c2ccccc2-c2cnc(-c3cccc(-c4cccc(-c5ccccc5)c4)c3)cc2C([2H])([2H])[2H])c1. The number of pyridine rings is 3. The lowest BCUT2D eigenvalue weighted by atomic mass is 9.85. The summed E-state index contributed by atoms with van der Waals surface area (Å²) in [7, 11) is 0. The second kappa shape index (κ2) is 20.5. The molecule has 0 N–H and O–H groups in total. The molecule has 0 radical (unpaired) electrons. The quantitative estimate of drug-likeness (QED) is 0.130. The minimum atomic E-state index is -2.57. The van der Waals surface area contributed by atoms with Gasteiger partial charge in [0.1, 0.15) is 0 Å². The van der Waals surface area contributed by atoms with Crippen molar-refractivity contribution in [1.82, 2.24) is 15.0 Å². The van der Waals surface area contributed by atoms with E-state index in [9.17, 15) is 0 Å². The van der Waals surface area contributed by atoms with Gasteiger partial charge in [-0.3, -0.25) is 15.0 Å². The molecular weight excluding hydrogens is 907 g/mol. The van der Waals surface area contributed by atoms with E-state index in [1.807, 2.05) is 200 Å². The van der Waals surface area contributed by atoms with Crippen LogP contribution in [-0.2, 0) is 0 Å². The molecule has 12 aromatic rings. The molecular formula is C72H53N3. The summed E-state index contributed by atoms with van der Waals surface area (Å²) < 4.78 is 80.2. The van der Waals surface area contributed by atoms with Crippen molar-refractivity contribution in [2.45, 2.75) is 20.6 Å². The third-order valence-electron chi connectivity index (χ3n) is 13.8. The molecule has 0 fully saturated rings. The summed E-state index contributed by atoms with van der Waals surface area (Å²) in [4.78, 5) is 14.7. The third-order valence-corrected chi connectivity index (χ3v) is 13.8. The molecule has 0 saturated heterocycles. The van der Waals surface area contributed by atoms with Crippen LogP contribution in [-0.4, -0.2) is 15.0 Å². The van der Waals surface area contributed by atoms with Gasteiger partial charge in [0, 0.05) is 64.3 Å². The van der Waals surface area contributed by atoms with Crippen LogP contribution in [0.4, 0.5) is 0 Å². The number of hydrogen-bond acceptors (Lipinski definition) is 3. The maximum Gasteiger partial charge on any atom is 0.0705 e. The summed E-state index contributed by atoms with van der Waals surface area (Å²) in [6, 6.07) is 79.4. The number of rotatable bonds is 11. The molecule has 9 aromatic carbocycles. The highest BCUT2D eigenvalue weighted by Gasteiger charge is 2.19. The van der Waals surface area contributed by atoms with Crippen LogP contribution < -0.4 is 0 Å². The smallest absolute Gasteiger partial charge is 0.0705 e. The molecule has 0 atom stereocenters. The topological polar surface area (TPSA) is 38.7 Å². The van der Waals surface area contributed by atoms with E-state index in [0.29, 0.717) is 83.8 Å². The van der Waals surface area contributed by atoms with E-state index >= 15 is 0 Å². The molecule has 75 heavy (non-hydrogen) atoms. The van der Waals surface area contributed by atoms with Crippen molar-refractivity contribution >= 4 is 0 Å². The highest BCUT2D eigenvalue weighted by molar-refractivity contribution is 5.95. The van der Waals surface area contributed by atoms with Crippen LogP contribution in [0.5, 0.6) is 0 Å². The lowest BCUT2D eigenvalue weighted by Crippen LogP contribution is -1.95. The molecule has 0 aliphatic carbocycles. The second-order valence-electron chi connectivity index (χ2n) is 18.5. The van der Waals surface area contributed by atoms with Crippen molar-refractivity contribution in [3.8, 4) is 123 Å². The molecule has 356 valence electrons. The first-order valence-electron chi connectivity index (χ1n) is 29.4. The Morgan fingerprint density at radius 2 is 0.480 bits per heavy atom. The molecule has 0 amide bonds. The molecule has 0 spiro atoms. The first-order chi connectivity index (χ1) is 40.5.